The molecule has 1 atom stereocenters. The second kappa shape index (κ2) is 12.5. The number of nitrogens with one attached hydrogen (secondary N) is 1. The van der Waals surface area contributed by atoms with Gasteiger partial charge in [-0.15, -0.1) is 11.3 Å². The maximum atomic E-state index is 12.8. The van der Waals surface area contributed by atoms with Crippen LogP contribution in [-0.2, 0) is 31.9 Å². The van der Waals surface area contributed by atoms with E-state index in [0.29, 0.717) is 22.0 Å². The molecule has 1 amide bonds. The highest BCUT2D eigenvalue weighted by atomic mass is 32.1. The molecule has 1 aromatic heterocycles. The van der Waals surface area contributed by atoms with Crippen molar-refractivity contribution in [3.05, 3.63) is 87.8 Å². The summed E-state index contributed by atoms with van der Waals surface area (Å²) in [4.78, 5) is 50.7. The molecule has 8 heteroatoms. The van der Waals surface area contributed by atoms with Crippen LogP contribution in [0.2, 0.25) is 0 Å². The van der Waals surface area contributed by atoms with E-state index in [2.05, 4.69) is 17.4 Å². The van der Waals surface area contributed by atoms with Gasteiger partial charge in [0, 0.05) is 16.9 Å². The zero-order valence-corrected chi connectivity index (χ0v) is 21.5. The van der Waals surface area contributed by atoms with Gasteiger partial charge in [0.15, 0.2) is 12.4 Å². The predicted molar refractivity (Wildman–Crippen MR) is 141 cm³/mol. The zero-order valence-electron chi connectivity index (χ0n) is 20.7. The predicted octanol–water partition coefficient (Wildman–Crippen LogP) is 5.34. The summed E-state index contributed by atoms with van der Waals surface area (Å²) in [6.45, 7) is 1.60. The Hall–Kier alpha value is -3.78. The van der Waals surface area contributed by atoms with Crippen LogP contribution in [0.5, 0.6) is 0 Å². The fourth-order valence-electron chi connectivity index (χ4n) is 4.43. The van der Waals surface area contributed by atoms with E-state index < -0.39 is 17.8 Å². The number of ether oxygens (including phenoxy) is 2. The molecule has 0 fully saturated rings. The number of fused-ring (bicyclic) bond motifs is 1. The number of rotatable bonds is 10. The Labute approximate surface area is 219 Å². The highest BCUT2D eigenvalue weighted by Gasteiger charge is 2.31. The molecule has 0 saturated carbocycles. The van der Waals surface area contributed by atoms with Crippen molar-refractivity contribution in [3.63, 3.8) is 0 Å². The van der Waals surface area contributed by atoms with Crippen LogP contribution in [0.4, 0.5) is 5.00 Å². The quantitative estimate of drug-likeness (QED) is 0.287. The molecule has 4 rings (SSSR count). The lowest BCUT2D eigenvalue weighted by atomic mass is 9.83. The van der Waals surface area contributed by atoms with Crippen LogP contribution in [0, 0.1) is 0 Å². The van der Waals surface area contributed by atoms with Gasteiger partial charge in [-0.25, -0.2) is 4.79 Å². The van der Waals surface area contributed by atoms with Crippen LogP contribution in [0.15, 0.2) is 60.7 Å². The highest BCUT2D eigenvalue weighted by Crippen LogP contribution is 2.42. The first-order valence-corrected chi connectivity index (χ1v) is 13.2. The molecular weight excluding hydrogens is 490 g/mol. The van der Waals surface area contributed by atoms with Gasteiger partial charge in [-0.05, 0) is 43.2 Å². The Bertz CT molecular complexity index is 1270. The number of anilines is 1. The van der Waals surface area contributed by atoms with Crippen molar-refractivity contribution in [3.8, 4) is 0 Å². The van der Waals surface area contributed by atoms with Gasteiger partial charge in [0.1, 0.15) is 5.00 Å². The summed E-state index contributed by atoms with van der Waals surface area (Å²) in [7, 11) is 0. The van der Waals surface area contributed by atoms with Crippen molar-refractivity contribution < 1.29 is 28.7 Å². The van der Waals surface area contributed by atoms with Crippen LogP contribution in [0.3, 0.4) is 0 Å². The first-order valence-electron chi connectivity index (χ1n) is 12.4. The van der Waals surface area contributed by atoms with Gasteiger partial charge < -0.3 is 14.8 Å². The van der Waals surface area contributed by atoms with E-state index in [1.54, 1.807) is 37.3 Å². The molecule has 0 unspecified atom stereocenters. The Balaban J connectivity index is 1.37. The number of benzene rings is 2. The zero-order chi connectivity index (χ0) is 26.2. The smallest absolute Gasteiger partial charge is 0.341 e. The number of hydrogen-bond acceptors (Lipinski definition) is 7. The fraction of sp³-hybridized carbons (Fsp3) is 0.310. The van der Waals surface area contributed by atoms with E-state index in [1.807, 2.05) is 18.2 Å². The number of ketones is 1. The molecule has 3 aromatic rings. The number of carbonyl (C=O) groups excluding carboxylic acids is 4. The molecule has 2 aromatic carbocycles. The standard InChI is InChI=1S/C29H29NO6S/c1-2-35-29(34)27-22-14-13-21(19-9-5-3-6-10-19)17-24(22)37-28(27)30-25(32)15-16-26(33)36-18-23(31)20-11-7-4-8-12-20/h3-12,21H,2,13-18H2,1H3,(H,30,32)/t21-/m1/s1. The molecule has 0 bridgehead atoms. The lowest BCUT2D eigenvalue weighted by Gasteiger charge is -2.23. The number of esters is 2. The van der Waals surface area contributed by atoms with Crippen molar-refractivity contribution in [2.45, 2.75) is 44.9 Å². The van der Waals surface area contributed by atoms with Gasteiger partial charge >= 0.3 is 11.9 Å². The van der Waals surface area contributed by atoms with Gasteiger partial charge in [-0.3, -0.25) is 14.4 Å². The van der Waals surface area contributed by atoms with Gasteiger partial charge in [0.2, 0.25) is 5.91 Å². The van der Waals surface area contributed by atoms with Gasteiger partial charge in [0.05, 0.1) is 18.6 Å². The molecule has 1 heterocycles. The molecule has 0 spiro atoms. The molecule has 7 nitrogen and oxygen atoms in total. The summed E-state index contributed by atoms with van der Waals surface area (Å²) in [5.74, 6) is -1.46. The molecule has 192 valence electrons. The lowest BCUT2D eigenvalue weighted by molar-refractivity contribution is -0.143. The fourth-order valence-corrected chi connectivity index (χ4v) is 5.76. The molecule has 37 heavy (non-hydrogen) atoms. The van der Waals surface area contributed by atoms with Crippen LogP contribution < -0.4 is 5.32 Å². The molecule has 0 saturated heterocycles. The van der Waals surface area contributed by atoms with Gasteiger partial charge in [-0.1, -0.05) is 60.7 Å². The average Bonchev–Trinajstić information content (AvgIpc) is 3.28. The molecular formula is C29H29NO6S. The molecule has 1 aliphatic rings. The van der Waals surface area contributed by atoms with Crippen molar-refractivity contribution in [2.24, 2.45) is 0 Å². The average molecular weight is 520 g/mol. The number of thiophene rings is 1. The number of carbonyl (C=O) groups is 4. The monoisotopic (exact) mass is 519 g/mol. The summed E-state index contributed by atoms with van der Waals surface area (Å²) in [5, 5.41) is 3.27. The van der Waals surface area contributed by atoms with Crippen LogP contribution in [0.25, 0.3) is 0 Å². The van der Waals surface area contributed by atoms with E-state index in [9.17, 15) is 19.2 Å². The summed E-state index contributed by atoms with van der Waals surface area (Å²) < 4.78 is 10.3. The molecule has 1 N–H and O–H groups in total. The molecule has 0 aliphatic heterocycles. The first-order chi connectivity index (χ1) is 18.0. The third kappa shape index (κ3) is 6.71. The largest absolute Gasteiger partial charge is 0.462 e. The second-order valence-corrected chi connectivity index (χ2v) is 9.88. The van der Waals surface area contributed by atoms with Crippen LogP contribution >= 0.6 is 11.3 Å². The molecule has 0 radical (unpaired) electrons. The maximum Gasteiger partial charge on any atom is 0.341 e. The Morgan fingerprint density at radius 1 is 0.946 bits per heavy atom. The minimum Gasteiger partial charge on any atom is -0.462 e. The van der Waals surface area contributed by atoms with Gasteiger partial charge in [-0.2, -0.15) is 0 Å². The Morgan fingerprint density at radius 2 is 1.65 bits per heavy atom. The van der Waals surface area contributed by atoms with E-state index in [0.717, 1.165) is 29.7 Å². The second-order valence-electron chi connectivity index (χ2n) is 8.78. The van der Waals surface area contributed by atoms with Gasteiger partial charge in [0.25, 0.3) is 0 Å². The summed E-state index contributed by atoms with van der Waals surface area (Å²) >= 11 is 1.40. The van der Waals surface area contributed by atoms with Crippen LogP contribution in [0.1, 0.15) is 68.8 Å². The minimum absolute atomic E-state index is 0.129. The normalized spacial score (nSPS) is 14.4. The van der Waals surface area contributed by atoms with E-state index >= 15 is 0 Å². The topological polar surface area (TPSA) is 98.8 Å². The maximum absolute atomic E-state index is 12.8. The third-order valence-corrected chi connectivity index (χ3v) is 7.45. The van der Waals surface area contributed by atoms with Crippen LogP contribution in [-0.4, -0.2) is 36.8 Å². The van der Waals surface area contributed by atoms with E-state index in [4.69, 9.17) is 9.47 Å². The summed E-state index contributed by atoms with van der Waals surface area (Å²) in [6.07, 6.45) is 2.10. The summed E-state index contributed by atoms with van der Waals surface area (Å²) in [5.41, 5.74) is 3.06. The number of amides is 1. The Morgan fingerprint density at radius 3 is 2.35 bits per heavy atom. The van der Waals surface area contributed by atoms with Crippen molar-refractivity contribution in [2.75, 3.05) is 18.5 Å². The third-order valence-electron chi connectivity index (χ3n) is 6.28. The first kappa shape index (κ1) is 26.3. The number of hydrogen-bond donors (Lipinski definition) is 1. The summed E-state index contributed by atoms with van der Waals surface area (Å²) in [6, 6.07) is 18.8. The van der Waals surface area contributed by atoms with E-state index in [1.165, 1.54) is 16.9 Å². The highest BCUT2D eigenvalue weighted by molar-refractivity contribution is 7.17. The van der Waals surface area contributed by atoms with Crippen molar-refractivity contribution in [1.29, 1.82) is 0 Å². The van der Waals surface area contributed by atoms with Crippen molar-refractivity contribution >= 4 is 40.0 Å². The Kier molecular flexibility index (Phi) is 8.85. The SMILES string of the molecule is CCOC(=O)c1c(NC(=O)CCC(=O)OCC(=O)c2ccccc2)sc2c1CC[C@@H](c1ccccc1)C2. The minimum atomic E-state index is -0.638. The van der Waals surface area contributed by atoms with Crippen molar-refractivity contribution in [1.82, 2.24) is 0 Å². The number of Topliss-reactive ketones (excluding diaryl/α,β-unsaturated/α-hetero) is 1. The molecule has 1 aliphatic carbocycles. The lowest BCUT2D eigenvalue weighted by Crippen LogP contribution is -2.18. The van der Waals surface area contributed by atoms with E-state index in [-0.39, 0.29) is 31.8 Å².